The molecule has 0 saturated heterocycles. The highest BCUT2D eigenvalue weighted by molar-refractivity contribution is 7.99. The first kappa shape index (κ1) is 14.1. The van der Waals surface area contributed by atoms with Crippen molar-refractivity contribution in [2.24, 2.45) is 5.73 Å². The Balaban J connectivity index is 2.40. The Morgan fingerprint density at radius 1 is 1.11 bits per heavy atom. The minimum absolute atomic E-state index is 0.176. The van der Waals surface area contributed by atoms with Crippen LogP contribution in [0.25, 0.3) is 0 Å². The van der Waals surface area contributed by atoms with Gasteiger partial charge >= 0.3 is 0 Å². The zero-order valence-corrected chi connectivity index (χ0v) is 12.2. The van der Waals surface area contributed by atoms with Gasteiger partial charge in [0, 0.05) is 10.9 Å². The van der Waals surface area contributed by atoms with Crippen molar-refractivity contribution in [1.82, 2.24) is 0 Å². The number of hydrogen-bond donors (Lipinski definition) is 1. The predicted molar refractivity (Wildman–Crippen MR) is 79.0 cm³/mol. The lowest BCUT2D eigenvalue weighted by atomic mass is 10.1. The summed E-state index contributed by atoms with van der Waals surface area (Å²) in [5.74, 6) is -0.210. The van der Waals surface area contributed by atoms with Crippen LogP contribution in [0, 0.1) is 19.7 Å². The van der Waals surface area contributed by atoms with E-state index in [4.69, 9.17) is 5.73 Å². The third-order valence-corrected chi connectivity index (χ3v) is 4.31. The quantitative estimate of drug-likeness (QED) is 0.885. The van der Waals surface area contributed by atoms with Crippen LogP contribution in [-0.4, -0.2) is 0 Å². The molecule has 0 fully saturated rings. The zero-order valence-electron chi connectivity index (χ0n) is 11.4. The van der Waals surface area contributed by atoms with Crippen molar-refractivity contribution < 1.29 is 4.39 Å². The van der Waals surface area contributed by atoms with Gasteiger partial charge in [0.15, 0.2) is 0 Å². The lowest BCUT2D eigenvalue weighted by Gasteiger charge is -2.13. The molecule has 0 radical (unpaired) electrons. The van der Waals surface area contributed by atoms with Crippen LogP contribution in [0.3, 0.4) is 0 Å². The smallest absolute Gasteiger partial charge is 0.137 e. The van der Waals surface area contributed by atoms with Gasteiger partial charge in [0.2, 0.25) is 0 Å². The molecule has 3 heteroatoms. The molecule has 100 valence electrons. The Labute approximate surface area is 118 Å². The number of benzene rings is 2. The predicted octanol–water partition coefficient (Wildman–Crippen LogP) is 4.61. The molecular formula is C16H18FNS. The van der Waals surface area contributed by atoms with Gasteiger partial charge < -0.3 is 5.73 Å². The summed E-state index contributed by atoms with van der Waals surface area (Å²) in [6.45, 7) is 6.01. The van der Waals surface area contributed by atoms with E-state index in [0.29, 0.717) is 4.90 Å². The monoisotopic (exact) mass is 275 g/mol. The van der Waals surface area contributed by atoms with E-state index >= 15 is 0 Å². The summed E-state index contributed by atoms with van der Waals surface area (Å²) >= 11 is 1.44. The molecule has 0 amide bonds. The summed E-state index contributed by atoms with van der Waals surface area (Å²) in [5.41, 5.74) is 9.21. The molecule has 0 aromatic heterocycles. The second-order valence-corrected chi connectivity index (χ2v) is 5.88. The van der Waals surface area contributed by atoms with Crippen molar-refractivity contribution >= 4 is 11.8 Å². The Bertz CT molecular complexity index is 593. The fourth-order valence-corrected chi connectivity index (χ4v) is 3.03. The van der Waals surface area contributed by atoms with Crippen LogP contribution >= 0.6 is 11.8 Å². The maximum Gasteiger partial charge on any atom is 0.137 e. The Hall–Kier alpha value is -1.32. The second kappa shape index (κ2) is 5.76. The maximum atomic E-state index is 14.0. The van der Waals surface area contributed by atoms with Crippen LogP contribution in [0.15, 0.2) is 46.2 Å². The van der Waals surface area contributed by atoms with Gasteiger partial charge in [-0.05, 0) is 55.7 Å². The average molecular weight is 275 g/mol. The van der Waals surface area contributed by atoms with Crippen LogP contribution in [0.4, 0.5) is 4.39 Å². The van der Waals surface area contributed by atoms with Crippen LogP contribution < -0.4 is 5.73 Å². The lowest BCUT2D eigenvalue weighted by Crippen LogP contribution is -2.07. The summed E-state index contributed by atoms with van der Waals surface area (Å²) in [5, 5.41) is 0. The minimum atomic E-state index is -0.210. The molecule has 0 aliphatic heterocycles. The fraction of sp³-hybridized carbons (Fsp3) is 0.250. The molecule has 0 aliphatic rings. The zero-order chi connectivity index (χ0) is 14.0. The van der Waals surface area contributed by atoms with E-state index in [0.717, 1.165) is 10.5 Å². The van der Waals surface area contributed by atoms with Crippen LogP contribution in [0.2, 0.25) is 0 Å². The molecule has 0 saturated carbocycles. The van der Waals surface area contributed by atoms with Crippen molar-refractivity contribution in [3.05, 3.63) is 58.9 Å². The van der Waals surface area contributed by atoms with Gasteiger partial charge in [-0.3, -0.25) is 0 Å². The Morgan fingerprint density at radius 3 is 2.47 bits per heavy atom. The minimum Gasteiger partial charge on any atom is -0.324 e. The normalized spacial score (nSPS) is 12.5. The van der Waals surface area contributed by atoms with Crippen LogP contribution in [-0.2, 0) is 0 Å². The van der Waals surface area contributed by atoms with Gasteiger partial charge in [-0.25, -0.2) is 4.39 Å². The molecule has 2 aromatic rings. The van der Waals surface area contributed by atoms with E-state index in [9.17, 15) is 4.39 Å². The highest BCUT2D eigenvalue weighted by Crippen LogP contribution is 2.35. The van der Waals surface area contributed by atoms with Gasteiger partial charge in [0.05, 0.1) is 4.90 Å². The molecule has 0 aliphatic carbocycles. The first-order valence-electron chi connectivity index (χ1n) is 6.28. The van der Waals surface area contributed by atoms with Gasteiger partial charge in [0.25, 0.3) is 0 Å². The van der Waals surface area contributed by atoms with Crippen LogP contribution in [0.1, 0.15) is 29.7 Å². The molecule has 0 spiro atoms. The fourth-order valence-electron chi connectivity index (χ4n) is 1.89. The number of aryl methyl sites for hydroxylation is 2. The van der Waals surface area contributed by atoms with E-state index in [-0.39, 0.29) is 11.9 Å². The highest BCUT2D eigenvalue weighted by atomic mass is 32.2. The maximum absolute atomic E-state index is 14.0. The van der Waals surface area contributed by atoms with E-state index in [1.54, 1.807) is 6.07 Å². The molecule has 1 atom stereocenters. The molecular weight excluding hydrogens is 257 g/mol. The largest absolute Gasteiger partial charge is 0.324 e. The third-order valence-electron chi connectivity index (χ3n) is 3.19. The van der Waals surface area contributed by atoms with E-state index in [1.165, 1.54) is 29.0 Å². The SMILES string of the molecule is Cc1ccc(Sc2c(F)cccc2C(C)N)cc1C. The summed E-state index contributed by atoms with van der Waals surface area (Å²) in [4.78, 5) is 1.66. The molecule has 1 unspecified atom stereocenters. The van der Waals surface area contributed by atoms with Crippen molar-refractivity contribution in [3.63, 3.8) is 0 Å². The number of nitrogens with two attached hydrogens (primary N) is 1. The second-order valence-electron chi connectivity index (χ2n) is 4.79. The first-order valence-corrected chi connectivity index (χ1v) is 7.10. The molecule has 2 aromatic carbocycles. The van der Waals surface area contributed by atoms with Crippen LogP contribution in [0.5, 0.6) is 0 Å². The molecule has 0 heterocycles. The van der Waals surface area contributed by atoms with E-state index in [2.05, 4.69) is 26.0 Å². The van der Waals surface area contributed by atoms with E-state index < -0.39 is 0 Å². The third kappa shape index (κ3) is 3.17. The van der Waals surface area contributed by atoms with Crippen molar-refractivity contribution in [2.75, 3.05) is 0 Å². The molecule has 2 rings (SSSR count). The molecule has 1 nitrogen and oxygen atoms in total. The molecule has 19 heavy (non-hydrogen) atoms. The van der Waals surface area contributed by atoms with Gasteiger partial charge in [-0.15, -0.1) is 0 Å². The molecule has 0 bridgehead atoms. The average Bonchev–Trinajstić information content (AvgIpc) is 2.36. The topological polar surface area (TPSA) is 26.0 Å². The van der Waals surface area contributed by atoms with E-state index in [1.807, 2.05) is 19.1 Å². The number of rotatable bonds is 3. The van der Waals surface area contributed by atoms with Crippen molar-refractivity contribution in [1.29, 1.82) is 0 Å². The van der Waals surface area contributed by atoms with Gasteiger partial charge in [-0.1, -0.05) is 30.0 Å². The summed E-state index contributed by atoms with van der Waals surface area (Å²) in [6.07, 6.45) is 0. The van der Waals surface area contributed by atoms with Crippen molar-refractivity contribution in [3.8, 4) is 0 Å². The Morgan fingerprint density at radius 2 is 1.84 bits per heavy atom. The molecule has 2 N–H and O–H groups in total. The standard InChI is InChI=1S/C16H18FNS/c1-10-7-8-13(9-11(10)2)19-16-14(12(3)18)5-4-6-15(16)17/h4-9,12H,18H2,1-3H3. The summed E-state index contributed by atoms with van der Waals surface area (Å²) in [7, 11) is 0. The van der Waals surface area contributed by atoms with Gasteiger partial charge in [-0.2, -0.15) is 0 Å². The van der Waals surface area contributed by atoms with Gasteiger partial charge in [0.1, 0.15) is 5.82 Å². The Kier molecular flexibility index (Phi) is 4.27. The van der Waals surface area contributed by atoms with Crippen molar-refractivity contribution in [2.45, 2.75) is 36.6 Å². The summed E-state index contributed by atoms with van der Waals surface area (Å²) in [6, 6.07) is 11.1. The lowest BCUT2D eigenvalue weighted by molar-refractivity contribution is 0.591. The number of halogens is 1. The summed E-state index contributed by atoms with van der Waals surface area (Å²) < 4.78 is 14.0. The highest BCUT2D eigenvalue weighted by Gasteiger charge is 2.13. The first-order chi connectivity index (χ1) is 8.99. The number of hydrogen-bond acceptors (Lipinski definition) is 2.